The van der Waals surface area contributed by atoms with Gasteiger partial charge in [-0.1, -0.05) is 11.6 Å². The number of aliphatic hydroxyl groups excluding tert-OH is 1. The van der Waals surface area contributed by atoms with Crippen LogP contribution in [0.15, 0.2) is 36.4 Å². The van der Waals surface area contributed by atoms with Gasteiger partial charge in [-0.15, -0.1) is 0 Å². The Morgan fingerprint density at radius 1 is 1.25 bits per heavy atom. The molecule has 0 aliphatic rings. The smallest absolute Gasteiger partial charge is 0.262 e. The molecule has 3 aromatic rings. The van der Waals surface area contributed by atoms with Crippen molar-refractivity contribution in [2.75, 3.05) is 6.73 Å². The van der Waals surface area contributed by atoms with Gasteiger partial charge in [-0.25, -0.2) is 4.39 Å². The van der Waals surface area contributed by atoms with Gasteiger partial charge in [0.05, 0.1) is 11.4 Å². The number of rotatable bonds is 4. The minimum absolute atomic E-state index is 0.228. The molecule has 28 heavy (non-hydrogen) atoms. The van der Waals surface area contributed by atoms with Crippen LogP contribution >= 0.6 is 11.6 Å². The number of hydrogen-bond acceptors (Lipinski definition) is 4. The standard InChI is InChI=1S/C20H18ClFN2O4/c1-10(19(27)23-9-25)18-11(2)24(16-8-15(22)17(26)7-14(16)18)20(28)12-3-5-13(21)6-4-12/h3-8,10,25-26H,9H2,1-2H3,(H,23,27)/t10-/m1/s1. The van der Waals surface area contributed by atoms with Crippen LogP contribution in [0.25, 0.3) is 10.9 Å². The van der Waals surface area contributed by atoms with Gasteiger partial charge in [-0.3, -0.25) is 14.2 Å². The Kier molecular flexibility index (Phi) is 5.40. The average Bonchev–Trinajstić information content (AvgIpc) is 2.92. The molecule has 1 atom stereocenters. The van der Waals surface area contributed by atoms with Crippen LogP contribution in [0.5, 0.6) is 5.75 Å². The molecule has 2 aromatic carbocycles. The van der Waals surface area contributed by atoms with E-state index in [0.717, 1.165) is 6.07 Å². The van der Waals surface area contributed by atoms with Gasteiger partial charge in [-0.05, 0) is 49.7 Å². The molecule has 0 bridgehead atoms. The number of nitrogens with one attached hydrogen (secondary N) is 1. The predicted molar refractivity (Wildman–Crippen MR) is 103 cm³/mol. The van der Waals surface area contributed by atoms with Crippen molar-refractivity contribution in [2.24, 2.45) is 0 Å². The fourth-order valence-electron chi connectivity index (χ4n) is 3.34. The number of carbonyl (C=O) groups is 2. The highest BCUT2D eigenvalue weighted by Crippen LogP contribution is 2.36. The molecule has 1 heterocycles. The average molecular weight is 405 g/mol. The molecule has 3 N–H and O–H groups in total. The first-order valence-corrected chi connectivity index (χ1v) is 8.86. The molecule has 6 nitrogen and oxygen atoms in total. The molecule has 8 heteroatoms. The van der Waals surface area contributed by atoms with E-state index in [-0.39, 0.29) is 5.52 Å². The summed E-state index contributed by atoms with van der Waals surface area (Å²) in [6.45, 7) is 2.70. The Bertz CT molecular complexity index is 1080. The third-order valence-corrected chi connectivity index (χ3v) is 4.95. The fourth-order valence-corrected chi connectivity index (χ4v) is 3.47. The van der Waals surface area contributed by atoms with Gasteiger partial charge in [-0.2, -0.15) is 0 Å². The summed E-state index contributed by atoms with van der Waals surface area (Å²) in [6, 6.07) is 8.50. The highest BCUT2D eigenvalue weighted by atomic mass is 35.5. The Morgan fingerprint density at radius 3 is 2.50 bits per heavy atom. The molecule has 0 spiro atoms. The fraction of sp³-hybridized carbons (Fsp3) is 0.200. The summed E-state index contributed by atoms with van der Waals surface area (Å²) in [4.78, 5) is 25.4. The molecular weight excluding hydrogens is 387 g/mol. The molecular formula is C20H18ClFN2O4. The van der Waals surface area contributed by atoms with Crippen molar-refractivity contribution in [3.8, 4) is 5.75 Å². The van der Waals surface area contributed by atoms with Crippen molar-refractivity contribution in [1.29, 1.82) is 0 Å². The topological polar surface area (TPSA) is 91.6 Å². The zero-order valence-electron chi connectivity index (χ0n) is 15.2. The number of phenolic OH excluding ortho intramolecular Hbond substituents is 1. The second-order valence-electron chi connectivity index (χ2n) is 6.39. The summed E-state index contributed by atoms with van der Waals surface area (Å²) in [5, 5.41) is 21.9. The number of hydrogen-bond donors (Lipinski definition) is 3. The SMILES string of the molecule is Cc1c([C@@H](C)C(=O)NCO)c2cc(O)c(F)cc2n1C(=O)c1ccc(Cl)cc1. The molecule has 0 radical (unpaired) electrons. The number of fused-ring (bicyclic) bond motifs is 1. The van der Waals surface area contributed by atoms with E-state index in [1.54, 1.807) is 38.1 Å². The van der Waals surface area contributed by atoms with Crippen molar-refractivity contribution in [3.63, 3.8) is 0 Å². The number of carbonyl (C=O) groups excluding carboxylic acids is 2. The summed E-state index contributed by atoms with van der Waals surface area (Å²) < 4.78 is 15.4. The van der Waals surface area contributed by atoms with Crippen molar-refractivity contribution in [2.45, 2.75) is 19.8 Å². The van der Waals surface area contributed by atoms with E-state index in [1.807, 2.05) is 0 Å². The molecule has 0 aliphatic heterocycles. The van der Waals surface area contributed by atoms with Gasteiger partial charge < -0.3 is 15.5 Å². The van der Waals surface area contributed by atoms with E-state index in [9.17, 15) is 19.1 Å². The van der Waals surface area contributed by atoms with E-state index in [1.165, 1.54) is 10.6 Å². The van der Waals surface area contributed by atoms with Crippen LogP contribution in [-0.4, -0.2) is 33.3 Å². The number of aromatic hydroxyl groups is 1. The maximum Gasteiger partial charge on any atom is 0.262 e. The van der Waals surface area contributed by atoms with Gasteiger partial charge in [0.15, 0.2) is 11.6 Å². The first-order valence-electron chi connectivity index (χ1n) is 8.48. The second kappa shape index (κ2) is 7.61. The summed E-state index contributed by atoms with van der Waals surface area (Å²) in [5.41, 5.74) is 1.45. The quantitative estimate of drug-likeness (QED) is 0.582. The normalized spacial score (nSPS) is 12.2. The lowest BCUT2D eigenvalue weighted by Gasteiger charge is -2.12. The monoisotopic (exact) mass is 404 g/mol. The van der Waals surface area contributed by atoms with Crippen LogP contribution in [0.4, 0.5) is 4.39 Å². The highest BCUT2D eigenvalue weighted by Gasteiger charge is 2.27. The van der Waals surface area contributed by atoms with Gasteiger partial charge in [0.25, 0.3) is 5.91 Å². The van der Waals surface area contributed by atoms with E-state index in [0.29, 0.717) is 27.2 Å². The minimum atomic E-state index is -0.880. The molecule has 0 saturated heterocycles. The summed E-state index contributed by atoms with van der Waals surface area (Å²) in [6.07, 6.45) is 0. The summed E-state index contributed by atoms with van der Waals surface area (Å²) in [5.74, 6) is -3.11. The lowest BCUT2D eigenvalue weighted by molar-refractivity contribution is -0.123. The zero-order chi connectivity index (χ0) is 20.6. The highest BCUT2D eigenvalue weighted by molar-refractivity contribution is 6.30. The maximum atomic E-state index is 14.1. The number of aliphatic hydroxyl groups is 1. The van der Waals surface area contributed by atoms with Gasteiger partial charge in [0.2, 0.25) is 5.91 Å². The van der Waals surface area contributed by atoms with E-state index >= 15 is 0 Å². The molecule has 0 saturated carbocycles. The summed E-state index contributed by atoms with van der Waals surface area (Å²) >= 11 is 5.88. The Hall–Kier alpha value is -2.90. The van der Waals surface area contributed by atoms with Crippen LogP contribution in [0.1, 0.15) is 34.5 Å². The van der Waals surface area contributed by atoms with Gasteiger partial charge in [0, 0.05) is 27.7 Å². The van der Waals surface area contributed by atoms with E-state index in [4.69, 9.17) is 16.7 Å². The number of aromatic nitrogens is 1. The maximum absolute atomic E-state index is 14.1. The molecule has 1 amide bonds. The molecule has 1 aromatic heterocycles. The number of benzene rings is 2. The molecule has 0 fully saturated rings. The zero-order valence-corrected chi connectivity index (χ0v) is 15.9. The van der Waals surface area contributed by atoms with Crippen LogP contribution in [0.2, 0.25) is 5.02 Å². The Labute approximate surface area is 165 Å². The molecule has 0 aliphatic carbocycles. The second-order valence-corrected chi connectivity index (χ2v) is 6.82. The van der Waals surface area contributed by atoms with Crippen LogP contribution in [-0.2, 0) is 4.79 Å². The molecule has 146 valence electrons. The van der Waals surface area contributed by atoms with E-state index < -0.39 is 36.0 Å². The number of phenols is 1. The van der Waals surface area contributed by atoms with Gasteiger partial charge >= 0.3 is 0 Å². The van der Waals surface area contributed by atoms with Crippen LogP contribution in [0, 0.1) is 12.7 Å². The van der Waals surface area contributed by atoms with Gasteiger partial charge in [0.1, 0.15) is 6.73 Å². The lowest BCUT2D eigenvalue weighted by atomic mass is 9.97. The van der Waals surface area contributed by atoms with Crippen molar-refractivity contribution in [1.82, 2.24) is 9.88 Å². The van der Waals surface area contributed by atoms with Crippen molar-refractivity contribution < 1.29 is 24.2 Å². The minimum Gasteiger partial charge on any atom is -0.505 e. The largest absolute Gasteiger partial charge is 0.505 e. The number of nitrogens with zero attached hydrogens (tertiary/aromatic N) is 1. The molecule has 0 unspecified atom stereocenters. The van der Waals surface area contributed by atoms with Crippen LogP contribution in [0.3, 0.4) is 0 Å². The molecule has 3 rings (SSSR count). The number of halogens is 2. The third-order valence-electron chi connectivity index (χ3n) is 4.70. The van der Waals surface area contributed by atoms with Crippen molar-refractivity contribution >= 4 is 34.3 Å². The van der Waals surface area contributed by atoms with Crippen LogP contribution < -0.4 is 5.32 Å². The number of amides is 1. The summed E-state index contributed by atoms with van der Waals surface area (Å²) in [7, 11) is 0. The predicted octanol–water partition coefficient (Wildman–Crippen LogP) is 3.31. The first-order chi connectivity index (χ1) is 13.3. The first kappa shape index (κ1) is 19.9. The van der Waals surface area contributed by atoms with Crippen molar-refractivity contribution in [3.05, 3.63) is 64.1 Å². The Morgan fingerprint density at radius 2 is 1.89 bits per heavy atom. The van der Waals surface area contributed by atoms with E-state index in [2.05, 4.69) is 5.32 Å². The third kappa shape index (κ3) is 3.34. The lowest BCUT2D eigenvalue weighted by Crippen LogP contribution is -2.29. The Balaban J connectivity index is 2.26.